The lowest BCUT2D eigenvalue weighted by atomic mass is 10.1. The Balaban J connectivity index is 1.71. The van der Waals surface area contributed by atoms with Crippen LogP contribution in [0.1, 0.15) is 5.56 Å². The molecule has 120 valence electrons. The molecular formula is C17H10ClNO4S. The Morgan fingerprint density at radius 2 is 1.96 bits per heavy atom. The Kier molecular flexibility index (Phi) is 3.70. The molecule has 0 aliphatic rings. The van der Waals surface area contributed by atoms with E-state index in [-0.39, 0.29) is 16.4 Å². The Labute approximate surface area is 144 Å². The molecule has 4 aromatic rings. The van der Waals surface area contributed by atoms with Crippen LogP contribution in [0.2, 0.25) is 5.02 Å². The number of halogens is 1. The summed E-state index contributed by atoms with van der Waals surface area (Å²) in [6.07, 6.45) is 0. The SMILES string of the molecule is O=c1cc(CSc2nc3ccccc3o2)c2cc(Cl)c(O)cc2o1. The minimum atomic E-state index is -0.489. The van der Waals surface area contributed by atoms with Crippen molar-refractivity contribution in [2.45, 2.75) is 11.0 Å². The maximum absolute atomic E-state index is 11.7. The number of aromatic hydroxyl groups is 1. The van der Waals surface area contributed by atoms with E-state index in [0.717, 1.165) is 11.1 Å². The number of fused-ring (bicyclic) bond motifs is 2. The minimum Gasteiger partial charge on any atom is -0.506 e. The molecule has 0 amide bonds. The van der Waals surface area contributed by atoms with Gasteiger partial charge in [-0.05, 0) is 23.8 Å². The lowest BCUT2D eigenvalue weighted by molar-refractivity contribution is 0.473. The fourth-order valence-electron chi connectivity index (χ4n) is 2.41. The Morgan fingerprint density at radius 1 is 1.12 bits per heavy atom. The lowest BCUT2D eigenvalue weighted by Gasteiger charge is -2.05. The largest absolute Gasteiger partial charge is 0.506 e. The summed E-state index contributed by atoms with van der Waals surface area (Å²) in [6, 6.07) is 11.8. The van der Waals surface area contributed by atoms with Gasteiger partial charge in [0.05, 0.1) is 5.02 Å². The van der Waals surface area contributed by atoms with Gasteiger partial charge >= 0.3 is 5.63 Å². The topological polar surface area (TPSA) is 76.5 Å². The molecule has 1 N–H and O–H groups in total. The smallest absolute Gasteiger partial charge is 0.336 e. The van der Waals surface area contributed by atoms with Crippen LogP contribution in [0.5, 0.6) is 5.75 Å². The summed E-state index contributed by atoms with van der Waals surface area (Å²) in [4.78, 5) is 16.1. The number of benzene rings is 2. The highest BCUT2D eigenvalue weighted by Crippen LogP contribution is 2.33. The normalized spacial score (nSPS) is 11.4. The number of rotatable bonds is 3. The predicted molar refractivity (Wildman–Crippen MR) is 92.7 cm³/mol. The molecule has 4 rings (SSSR count). The standard InChI is InChI=1S/C17H10ClNO4S/c18-11-6-10-9(5-16(21)22-15(10)7-13(11)20)8-24-17-19-12-3-1-2-4-14(12)23-17/h1-7,20H,8H2. The van der Waals surface area contributed by atoms with Crippen molar-refractivity contribution >= 4 is 45.4 Å². The van der Waals surface area contributed by atoms with Gasteiger partial charge in [-0.2, -0.15) is 0 Å². The summed E-state index contributed by atoms with van der Waals surface area (Å²) in [7, 11) is 0. The van der Waals surface area contributed by atoms with E-state index in [1.807, 2.05) is 24.3 Å². The third-order valence-electron chi connectivity index (χ3n) is 3.52. The van der Waals surface area contributed by atoms with Crippen molar-refractivity contribution in [3.8, 4) is 5.75 Å². The van der Waals surface area contributed by atoms with Crippen molar-refractivity contribution in [1.29, 1.82) is 0 Å². The van der Waals surface area contributed by atoms with Gasteiger partial charge in [-0.3, -0.25) is 0 Å². The van der Waals surface area contributed by atoms with Crippen LogP contribution >= 0.6 is 23.4 Å². The van der Waals surface area contributed by atoms with Crippen molar-refractivity contribution in [2.75, 3.05) is 0 Å². The maximum Gasteiger partial charge on any atom is 0.336 e. The molecule has 2 aromatic heterocycles. The van der Waals surface area contributed by atoms with Gasteiger partial charge < -0.3 is 13.9 Å². The molecule has 0 fully saturated rings. The highest BCUT2D eigenvalue weighted by molar-refractivity contribution is 7.98. The molecule has 0 bridgehead atoms. The summed E-state index contributed by atoms with van der Waals surface area (Å²) in [5.41, 5.74) is 2.03. The Morgan fingerprint density at radius 3 is 2.79 bits per heavy atom. The predicted octanol–water partition coefficient (Wildman–Crippen LogP) is 4.59. The van der Waals surface area contributed by atoms with Crippen LogP contribution in [-0.4, -0.2) is 10.1 Å². The van der Waals surface area contributed by atoms with Crippen LogP contribution in [0.3, 0.4) is 0 Å². The van der Waals surface area contributed by atoms with E-state index in [2.05, 4.69) is 4.98 Å². The zero-order valence-electron chi connectivity index (χ0n) is 12.2. The number of para-hydroxylation sites is 2. The van der Waals surface area contributed by atoms with Gasteiger partial charge in [0.2, 0.25) is 0 Å². The van der Waals surface area contributed by atoms with Crippen LogP contribution in [0.25, 0.3) is 22.1 Å². The summed E-state index contributed by atoms with van der Waals surface area (Å²) < 4.78 is 10.8. The molecule has 24 heavy (non-hydrogen) atoms. The van der Waals surface area contributed by atoms with Crippen LogP contribution in [0, 0.1) is 0 Å². The number of phenols is 1. The van der Waals surface area contributed by atoms with Gasteiger partial charge in [-0.15, -0.1) is 0 Å². The molecule has 0 radical (unpaired) electrons. The van der Waals surface area contributed by atoms with Gasteiger partial charge in [0, 0.05) is 23.3 Å². The van der Waals surface area contributed by atoms with E-state index in [1.54, 1.807) is 6.07 Å². The molecule has 0 saturated heterocycles. The fourth-order valence-corrected chi connectivity index (χ4v) is 3.40. The molecule has 2 aromatic carbocycles. The molecule has 2 heterocycles. The first kappa shape index (κ1) is 15.1. The molecule has 0 saturated carbocycles. The summed E-state index contributed by atoms with van der Waals surface area (Å²) >= 11 is 7.33. The van der Waals surface area contributed by atoms with Gasteiger partial charge in [0.1, 0.15) is 16.8 Å². The molecule has 7 heteroatoms. The molecule has 0 unspecified atom stereocenters. The number of oxazole rings is 1. The summed E-state index contributed by atoms with van der Waals surface area (Å²) in [5.74, 6) is 0.326. The highest BCUT2D eigenvalue weighted by Gasteiger charge is 2.12. The molecule has 0 atom stereocenters. The van der Waals surface area contributed by atoms with E-state index in [0.29, 0.717) is 21.9 Å². The van der Waals surface area contributed by atoms with Gasteiger partial charge in [0.15, 0.2) is 5.58 Å². The molecule has 0 aliphatic heterocycles. The van der Waals surface area contributed by atoms with Crippen molar-refractivity contribution in [1.82, 2.24) is 4.98 Å². The summed E-state index contributed by atoms with van der Waals surface area (Å²) in [5, 5.41) is 11.0. The molecule has 0 spiro atoms. The number of phenolic OH excluding ortho intramolecular Hbond substituents is 1. The van der Waals surface area contributed by atoms with Gasteiger partial charge in [0.25, 0.3) is 5.22 Å². The van der Waals surface area contributed by atoms with E-state index < -0.39 is 5.63 Å². The molecule has 0 aliphatic carbocycles. The number of hydrogen-bond acceptors (Lipinski definition) is 6. The van der Waals surface area contributed by atoms with Crippen molar-refractivity contribution < 1.29 is 13.9 Å². The van der Waals surface area contributed by atoms with E-state index in [4.69, 9.17) is 20.4 Å². The average molecular weight is 360 g/mol. The minimum absolute atomic E-state index is 0.129. The highest BCUT2D eigenvalue weighted by atomic mass is 35.5. The van der Waals surface area contributed by atoms with Crippen LogP contribution in [-0.2, 0) is 5.75 Å². The van der Waals surface area contributed by atoms with E-state index >= 15 is 0 Å². The van der Waals surface area contributed by atoms with Gasteiger partial charge in [-0.1, -0.05) is 35.5 Å². The van der Waals surface area contributed by atoms with Crippen LogP contribution in [0.15, 0.2) is 61.3 Å². The van der Waals surface area contributed by atoms with Crippen LogP contribution < -0.4 is 5.63 Å². The number of nitrogens with zero attached hydrogens (tertiary/aromatic N) is 1. The Bertz CT molecular complexity index is 1090. The monoisotopic (exact) mass is 359 g/mol. The van der Waals surface area contributed by atoms with Crippen molar-refractivity contribution in [3.63, 3.8) is 0 Å². The first-order valence-corrected chi connectivity index (χ1v) is 8.40. The third kappa shape index (κ3) is 2.74. The van der Waals surface area contributed by atoms with E-state index in [9.17, 15) is 9.90 Å². The summed E-state index contributed by atoms with van der Waals surface area (Å²) in [6.45, 7) is 0. The third-order valence-corrected chi connectivity index (χ3v) is 4.70. The zero-order valence-corrected chi connectivity index (χ0v) is 13.7. The zero-order chi connectivity index (χ0) is 16.7. The number of hydrogen-bond donors (Lipinski definition) is 1. The second-order valence-electron chi connectivity index (χ2n) is 5.13. The quantitative estimate of drug-likeness (QED) is 0.426. The van der Waals surface area contributed by atoms with Crippen LogP contribution in [0.4, 0.5) is 0 Å². The first-order chi connectivity index (χ1) is 11.6. The molecular weight excluding hydrogens is 350 g/mol. The van der Waals surface area contributed by atoms with Crippen molar-refractivity contribution in [3.05, 3.63) is 63.5 Å². The lowest BCUT2D eigenvalue weighted by Crippen LogP contribution is -2.00. The maximum atomic E-state index is 11.7. The average Bonchev–Trinajstić information content (AvgIpc) is 2.97. The Hall–Kier alpha value is -2.44. The van der Waals surface area contributed by atoms with E-state index in [1.165, 1.54) is 23.9 Å². The number of aromatic nitrogens is 1. The molecule has 5 nitrogen and oxygen atoms in total. The van der Waals surface area contributed by atoms with Crippen molar-refractivity contribution in [2.24, 2.45) is 0 Å². The van der Waals surface area contributed by atoms with Gasteiger partial charge in [-0.25, -0.2) is 9.78 Å². The number of thioether (sulfide) groups is 1. The first-order valence-electron chi connectivity index (χ1n) is 7.04. The second kappa shape index (κ2) is 5.89. The second-order valence-corrected chi connectivity index (χ2v) is 6.46. The fraction of sp³-hybridized carbons (Fsp3) is 0.0588.